The summed E-state index contributed by atoms with van der Waals surface area (Å²) in [5.74, 6) is 0.430. The van der Waals surface area contributed by atoms with Gasteiger partial charge in [-0.3, -0.25) is 0 Å². The van der Waals surface area contributed by atoms with E-state index in [1.165, 1.54) is 6.20 Å². The summed E-state index contributed by atoms with van der Waals surface area (Å²) in [7, 11) is 0. The average molecular weight is 209 g/mol. The van der Waals surface area contributed by atoms with Gasteiger partial charge in [-0.1, -0.05) is 6.08 Å². The maximum Gasteiger partial charge on any atom is 0.224 e. The Morgan fingerprint density at radius 1 is 1.79 bits per heavy atom. The van der Waals surface area contributed by atoms with Crippen molar-refractivity contribution in [3.63, 3.8) is 0 Å². The molecule has 1 heterocycles. The Kier molecular flexibility index (Phi) is 3.43. The van der Waals surface area contributed by atoms with Gasteiger partial charge in [0.05, 0.1) is 6.20 Å². The van der Waals surface area contributed by atoms with Crippen molar-refractivity contribution in [1.29, 1.82) is 5.26 Å². The number of rotatable bonds is 3. The maximum absolute atomic E-state index is 8.76. The Hall–Kier alpha value is -1.60. The van der Waals surface area contributed by atoms with Crippen LogP contribution in [-0.4, -0.2) is 16.0 Å². The third kappa shape index (κ3) is 2.44. The van der Waals surface area contributed by atoms with Crippen molar-refractivity contribution >= 4 is 17.4 Å². The minimum Gasteiger partial charge on any atom is -0.363 e. The van der Waals surface area contributed by atoms with Gasteiger partial charge in [0, 0.05) is 6.04 Å². The third-order valence-corrected chi connectivity index (χ3v) is 1.78. The molecule has 0 aromatic carbocycles. The predicted octanol–water partition coefficient (Wildman–Crippen LogP) is 1.99. The zero-order valence-electron chi connectivity index (χ0n) is 7.66. The lowest BCUT2D eigenvalue weighted by Crippen LogP contribution is -2.14. The van der Waals surface area contributed by atoms with Crippen molar-refractivity contribution in [3.8, 4) is 6.07 Å². The molecule has 0 saturated heterocycles. The molecule has 0 saturated carbocycles. The van der Waals surface area contributed by atoms with Crippen LogP contribution < -0.4 is 5.32 Å². The van der Waals surface area contributed by atoms with Gasteiger partial charge in [-0.15, -0.1) is 6.58 Å². The fourth-order valence-corrected chi connectivity index (χ4v) is 0.960. The highest BCUT2D eigenvalue weighted by atomic mass is 35.5. The lowest BCUT2D eigenvalue weighted by atomic mass is 10.3. The summed E-state index contributed by atoms with van der Waals surface area (Å²) < 4.78 is 0. The van der Waals surface area contributed by atoms with E-state index in [4.69, 9.17) is 16.9 Å². The molecule has 1 atom stereocenters. The van der Waals surface area contributed by atoms with Crippen molar-refractivity contribution in [1.82, 2.24) is 9.97 Å². The van der Waals surface area contributed by atoms with E-state index in [-0.39, 0.29) is 11.3 Å². The summed E-state index contributed by atoms with van der Waals surface area (Å²) in [4.78, 5) is 7.61. The molecule has 0 amide bonds. The van der Waals surface area contributed by atoms with Crippen LogP contribution in [-0.2, 0) is 0 Å². The molecule has 72 valence electrons. The van der Waals surface area contributed by atoms with Crippen LogP contribution >= 0.6 is 11.6 Å². The summed E-state index contributed by atoms with van der Waals surface area (Å²) in [5, 5.41) is 11.8. The van der Waals surface area contributed by atoms with Crippen LogP contribution in [0.4, 0.5) is 5.82 Å². The third-order valence-electron chi connectivity index (χ3n) is 1.60. The van der Waals surface area contributed by atoms with Gasteiger partial charge in [0.25, 0.3) is 0 Å². The summed E-state index contributed by atoms with van der Waals surface area (Å²) >= 11 is 5.60. The predicted molar refractivity (Wildman–Crippen MR) is 55.0 cm³/mol. The molecule has 1 rings (SSSR count). The van der Waals surface area contributed by atoms with E-state index in [0.717, 1.165) is 0 Å². The summed E-state index contributed by atoms with van der Waals surface area (Å²) in [6, 6.07) is 1.99. The Morgan fingerprint density at radius 3 is 3.07 bits per heavy atom. The number of nitriles is 1. The Bertz CT molecular complexity index is 383. The molecule has 0 aliphatic heterocycles. The zero-order valence-corrected chi connectivity index (χ0v) is 8.41. The van der Waals surface area contributed by atoms with Crippen LogP contribution in [0.3, 0.4) is 0 Å². The van der Waals surface area contributed by atoms with Crippen molar-refractivity contribution in [2.45, 2.75) is 13.0 Å². The summed E-state index contributed by atoms with van der Waals surface area (Å²) in [6.45, 7) is 5.51. The molecule has 0 fully saturated rings. The van der Waals surface area contributed by atoms with E-state index in [2.05, 4.69) is 21.9 Å². The van der Waals surface area contributed by atoms with Crippen LogP contribution in [0, 0.1) is 11.3 Å². The van der Waals surface area contributed by atoms with E-state index < -0.39 is 0 Å². The number of hydrogen-bond donors (Lipinski definition) is 1. The number of nitrogens with zero attached hydrogens (tertiary/aromatic N) is 3. The van der Waals surface area contributed by atoms with E-state index in [1.54, 1.807) is 6.08 Å². The summed E-state index contributed by atoms with van der Waals surface area (Å²) in [6.07, 6.45) is 3.09. The fourth-order valence-electron chi connectivity index (χ4n) is 0.827. The lowest BCUT2D eigenvalue weighted by molar-refractivity contribution is 0.973. The normalized spacial score (nSPS) is 11.5. The zero-order chi connectivity index (χ0) is 10.6. The molecule has 4 nitrogen and oxygen atoms in total. The van der Waals surface area contributed by atoms with Crippen LogP contribution in [0.25, 0.3) is 0 Å². The molecule has 5 heteroatoms. The monoisotopic (exact) mass is 208 g/mol. The van der Waals surface area contributed by atoms with Crippen LogP contribution in [0.15, 0.2) is 18.9 Å². The van der Waals surface area contributed by atoms with Gasteiger partial charge < -0.3 is 5.32 Å². The van der Waals surface area contributed by atoms with Gasteiger partial charge in [0.15, 0.2) is 0 Å². The van der Waals surface area contributed by atoms with Crippen LogP contribution in [0.2, 0.25) is 5.28 Å². The van der Waals surface area contributed by atoms with Crippen LogP contribution in [0.1, 0.15) is 12.5 Å². The van der Waals surface area contributed by atoms with Crippen molar-refractivity contribution in [2.75, 3.05) is 5.32 Å². The molecular formula is C9H9ClN4. The second-order valence-corrected chi connectivity index (χ2v) is 3.02. The first-order valence-electron chi connectivity index (χ1n) is 3.99. The van der Waals surface area contributed by atoms with Gasteiger partial charge in [0.1, 0.15) is 17.5 Å². The quantitative estimate of drug-likeness (QED) is 0.610. The number of halogens is 1. The molecule has 1 aromatic heterocycles. The maximum atomic E-state index is 8.76. The molecule has 0 aliphatic carbocycles. The lowest BCUT2D eigenvalue weighted by Gasteiger charge is -2.10. The molecule has 0 spiro atoms. The smallest absolute Gasteiger partial charge is 0.224 e. The fraction of sp³-hybridized carbons (Fsp3) is 0.222. The van der Waals surface area contributed by atoms with E-state index in [0.29, 0.717) is 11.4 Å². The first-order valence-corrected chi connectivity index (χ1v) is 4.37. The van der Waals surface area contributed by atoms with E-state index >= 15 is 0 Å². The molecule has 0 bridgehead atoms. The molecular weight excluding hydrogens is 200 g/mol. The molecule has 1 N–H and O–H groups in total. The average Bonchev–Trinajstić information content (AvgIpc) is 2.18. The second kappa shape index (κ2) is 4.58. The van der Waals surface area contributed by atoms with Crippen LogP contribution in [0.5, 0.6) is 0 Å². The second-order valence-electron chi connectivity index (χ2n) is 2.68. The molecule has 1 aromatic rings. The highest BCUT2D eigenvalue weighted by Crippen LogP contribution is 2.13. The van der Waals surface area contributed by atoms with Gasteiger partial charge in [-0.25, -0.2) is 4.98 Å². The summed E-state index contributed by atoms with van der Waals surface area (Å²) in [5.41, 5.74) is 0.364. The van der Waals surface area contributed by atoms with Gasteiger partial charge in [0.2, 0.25) is 5.28 Å². The first kappa shape index (κ1) is 10.5. The van der Waals surface area contributed by atoms with Gasteiger partial charge >= 0.3 is 0 Å². The van der Waals surface area contributed by atoms with Crippen molar-refractivity contribution in [2.24, 2.45) is 0 Å². The SMILES string of the molecule is C=CC(C)Nc1nc(Cl)ncc1C#N. The van der Waals surface area contributed by atoms with Gasteiger partial charge in [-0.2, -0.15) is 10.2 Å². The highest BCUT2D eigenvalue weighted by molar-refractivity contribution is 6.28. The molecule has 14 heavy (non-hydrogen) atoms. The largest absolute Gasteiger partial charge is 0.363 e. The Morgan fingerprint density at radius 2 is 2.50 bits per heavy atom. The van der Waals surface area contributed by atoms with E-state index in [9.17, 15) is 0 Å². The molecule has 0 radical (unpaired) electrons. The molecule has 0 aliphatic rings. The minimum absolute atomic E-state index is 0.0214. The topological polar surface area (TPSA) is 61.6 Å². The minimum atomic E-state index is 0.0214. The highest BCUT2D eigenvalue weighted by Gasteiger charge is 2.06. The first-order chi connectivity index (χ1) is 6.67. The number of aromatic nitrogens is 2. The Labute approximate surface area is 87.3 Å². The number of anilines is 1. The number of hydrogen-bond acceptors (Lipinski definition) is 4. The van der Waals surface area contributed by atoms with E-state index in [1.807, 2.05) is 13.0 Å². The van der Waals surface area contributed by atoms with Crippen molar-refractivity contribution < 1.29 is 0 Å². The standard InChI is InChI=1S/C9H9ClN4/c1-3-6(2)13-8-7(4-11)5-12-9(10)14-8/h3,5-6H,1H2,2H3,(H,12,13,14). The number of nitrogens with one attached hydrogen (secondary N) is 1. The Balaban J connectivity index is 3.00. The van der Waals surface area contributed by atoms with Crippen molar-refractivity contribution in [3.05, 3.63) is 29.7 Å². The molecule has 1 unspecified atom stereocenters. The van der Waals surface area contributed by atoms with Gasteiger partial charge in [-0.05, 0) is 18.5 Å².